The summed E-state index contributed by atoms with van der Waals surface area (Å²) in [5.74, 6) is 0. The highest BCUT2D eigenvalue weighted by atomic mass is 28.4. The molecule has 4 nitrogen and oxygen atoms in total. The summed E-state index contributed by atoms with van der Waals surface area (Å²) in [6, 6.07) is 5.04. The number of hydrogen-bond donors (Lipinski definition) is 0. The molecule has 114 valence electrons. The lowest BCUT2D eigenvalue weighted by Crippen LogP contribution is -2.42. The summed E-state index contributed by atoms with van der Waals surface area (Å²) in [5.41, 5.74) is 1.33. The molecule has 0 fully saturated rings. The van der Waals surface area contributed by atoms with Gasteiger partial charge in [0.25, 0.3) is 0 Å². The number of nitrogens with zero attached hydrogens (tertiary/aromatic N) is 1. The van der Waals surface area contributed by atoms with E-state index in [4.69, 9.17) is 13.3 Å². The van der Waals surface area contributed by atoms with Gasteiger partial charge in [-0.25, -0.2) is 0 Å². The Balaban J connectivity index is 2.05. The molecule has 1 heterocycles. The van der Waals surface area contributed by atoms with Gasteiger partial charge in [-0.05, 0) is 30.9 Å². The predicted molar refractivity (Wildman–Crippen MR) is 82.6 cm³/mol. The molecule has 0 atom stereocenters. The fraction of sp³-hybridized carbons (Fsp3) is 0.667. The van der Waals surface area contributed by atoms with Gasteiger partial charge in [-0.2, -0.15) is 0 Å². The van der Waals surface area contributed by atoms with Gasteiger partial charge in [-0.15, -0.1) is 0 Å². The maximum absolute atomic E-state index is 5.41. The molecule has 5 heteroatoms. The molecule has 0 N–H and O–H groups in total. The van der Waals surface area contributed by atoms with Crippen LogP contribution in [0.4, 0.5) is 0 Å². The van der Waals surface area contributed by atoms with E-state index in [0.717, 1.165) is 18.9 Å². The van der Waals surface area contributed by atoms with Crippen molar-refractivity contribution in [2.75, 3.05) is 21.3 Å². The number of pyridine rings is 1. The van der Waals surface area contributed by atoms with Crippen LogP contribution in [0.25, 0.3) is 0 Å². The molecule has 1 aromatic heterocycles. The molecule has 0 aliphatic heterocycles. The van der Waals surface area contributed by atoms with Crippen molar-refractivity contribution in [2.45, 2.75) is 44.6 Å². The van der Waals surface area contributed by atoms with E-state index >= 15 is 0 Å². The second-order valence-corrected chi connectivity index (χ2v) is 8.02. The zero-order chi connectivity index (χ0) is 14.7. The lowest BCUT2D eigenvalue weighted by Gasteiger charge is -2.24. The van der Waals surface area contributed by atoms with E-state index in [1.165, 1.54) is 31.2 Å². The van der Waals surface area contributed by atoms with E-state index in [-0.39, 0.29) is 0 Å². The van der Waals surface area contributed by atoms with Gasteiger partial charge in [0.15, 0.2) is 0 Å². The smallest absolute Gasteiger partial charge is 0.377 e. The average Bonchev–Trinajstić information content (AvgIpc) is 2.52. The molecule has 1 rings (SSSR count). The molecule has 0 aromatic carbocycles. The number of aromatic nitrogens is 1. The van der Waals surface area contributed by atoms with Crippen LogP contribution in [0.15, 0.2) is 24.5 Å². The minimum atomic E-state index is -2.35. The van der Waals surface area contributed by atoms with Crippen molar-refractivity contribution in [3.63, 3.8) is 0 Å². The molecule has 0 aliphatic rings. The molecule has 0 saturated heterocycles. The summed E-state index contributed by atoms with van der Waals surface area (Å²) in [5, 5.41) is 0. The Kier molecular flexibility index (Phi) is 8.69. The Morgan fingerprint density at radius 2 is 1.60 bits per heavy atom. The number of rotatable bonds is 11. The van der Waals surface area contributed by atoms with Gasteiger partial charge in [0.1, 0.15) is 0 Å². The van der Waals surface area contributed by atoms with Crippen LogP contribution in [-0.2, 0) is 19.7 Å². The molecule has 20 heavy (non-hydrogen) atoms. The van der Waals surface area contributed by atoms with Crippen LogP contribution in [0.2, 0.25) is 6.04 Å². The highest BCUT2D eigenvalue weighted by Gasteiger charge is 2.36. The monoisotopic (exact) mass is 297 g/mol. The van der Waals surface area contributed by atoms with Gasteiger partial charge >= 0.3 is 8.80 Å². The van der Waals surface area contributed by atoms with Crippen LogP contribution in [0, 0.1) is 0 Å². The maximum atomic E-state index is 5.41. The minimum Gasteiger partial charge on any atom is -0.377 e. The maximum Gasteiger partial charge on any atom is 0.500 e. The van der Waals surface area contributed by atoms with Crippen LogP contribution in [0.3, 0.4) is 0 Å². The van der Waals surface area contributed by atoms with Crippen molar-refractivity contribution in [1.82, 2.24) is 4.98 Å². The van der Waals surface area contributed by atoms with Crippen LogP contribution >= 0.6 is 0 Å². The summed E-state index contributed by atoms with van der Waals surface area (Å²) in [6.45, 7) is 0. The first-order valence-corrected chi connectivity index (χ1v) is 9.24. The van der Waals surface area contributed by atoms with Crippen molar-refractivity contribution in [2.24, 2.45) is 0 Å². The van der Waals surface area contributed by atoms with Gasteiger partial charge in [-0.3, -0.25) is 4.98 Å². The van der Waals surface area contributed by atoms with Crippen molar-refractivity contribution in [3.8, 4) is 0 Å². The van der Waals surface area contributed by atoms with Gasteiger partial charge < -0.3 is 13.3 Å². The van der Waals surface area contributed by atoms with E-state index in [0.29, 0.717) is 0 Å². The van der Waals surface area contributed by atoms with E-state index in [9.17, 15) is 0 Å². The van der Waals surface area contributed by atoms with Crippen molar-refractivity contribution >= 4 is 8.80 Å². The largest absolute Gasteiger partial charge is 0.500 e. The summed E-state index contributed by atoms with van der Waals surface area (Å²) in [7, 11) is 2.67. The molecule has 0 radical (unpaired) electrons. The van der Waals surface area contributed by atoms with E-state index in [2.05, 4.69) is 11.1 Å². The minimum absolute atomic E-state index is 0.902. The van der Waals surface area contributed by atoms with Crippen molar-refractivity contribution in [3.05, 3.63) is 30.1 Å². The molecular weight excluding hydrogens is 270 g/mol. The predicted octanol–water partition coefficient (Wildman–Crippen LogP) is 3.45. The summed E-state index contributed by atoms with van der Waals surface area (Å²) in [4.78, 5) is 4.13. The molecule has 0 unspecified atom stereocenters. The molecule has 1 aromatic rings. The van der Waals surface area contributed by atoms with E-state index < -0.39 is 8.80 Å². The fourth-order valence-electron chi connectivity index (χ4n) is 2.30. The first-order valence-electron chi connectivity index (χ1n) is 7.30. The third kappa shape index (κ3) is 6.13. The lowest BCUT2D eigenvalue weighted by molar-refractivity contribution is 0.122. The Bertz CT molecular complexity index is 336. The average molecular weight is 297 g/mol. The lowest BCUT2D eigenvalue weighted by atomic mass is 10.1. The quantitative estimate of drug-likeness (QED) is 0.463. The van der Waals surface area contributed by atoms with Gasteiger partial charge in [0, 0.05) is 39.8 Å². The van der Waals surface area contributed by atoms with E-state index in [1.807, 2.05) is 18.5 Å². The molecular formula is C15H27NO3Si. The Morgan fingerprint density at radius 1 is 0.950 bits per heavy atom. The van der Waals surface area contributed by atoms with Crippen LogP contribution in [0.5, 0.6) is 0 Å². The van der Waals surface area contributed by atoms with Crippen molar-refractivity contribution in [1.29, 1.82) is 0 Å². The van der Waals surface area contributed by atoms with Gasteiger partial charge in [0.05, 0.1) is 0 Å². The molecule has 0 spiro atoms. The summed E-state index contributed by atoms with van der Waals surface area (Å²) >= 11 is 0. The third-order valence-corrected chi connectivity index (χ3v) is 6.44. The van der Waals surface area contributed by atoms with Crippen LogP contribution in [-0.4, -0.2) is 35.1 Å². The molecule has 0 saturated carbocycles. The number of hydrogen-bond acceptors (Lipinski definition) is 4. The zero-order valence-electron chi connectivity index (χ0n) is 12.9. The van der Waals surface area contributed by atoms with Gasteiger partial charge in [0.2, 0.25) is 0 Å². The Morgan fingerprint density at radius 3 is 2.20 bits per heavy atom. The first kappa shape index (κ1) is 17.3. The second-order valence-electron chi connectivity index (χ2n) is 4.92. The molecule has 0 aliphatic carbocycles. The Labute approximate surface area is 123 Å². The van der Waals surface area contributed by atoms with Gasteiger partial charge in [-0.1, -0.05) is 25.3 Å². The highest BCUT2D eigenvalue weighted by Crippen LogP contribution is 2.18. The summed E-state index contributed by atoms with van der Waals surface area (Å²) in [6.07, 6.45) is 11.0. The van der Waals surface area contributed by atoms with E-state index in [1.54, 1.807) is 21.3 Å². The number of aryl methyl sites for hydroxylation is 1. The third-order valence-electron chi connectivity index (χ3n) is 3.60. The SMILES string of the molecule is CO[Si](CCCCCCCc1cccnc1)(OC)OC. The highest BCUT2D eigenvalue weighted by molar-refractivity contribution is 6.60. The Hall–Kier alpha value is -0.753. The standard InChI is InChI=1S/C15H27NO3Si/c1-17-20(18-2,19-3)13-8-6-4-5-7-10-15-11-9-12-16-14-15/h9,11-12,14H,4-8,10,13H2,1-3H3. The van der Waals surface area contributed by atoms with Crippen LogP contribution < -0.4 is 0 Å². The topological polar surface area (TPSA) is 40.6 Å². The fourth-order valence-corrected chi connectivity index (χ4v) is 4.10. The normalized spacial score (nSPS) is 11.8. The first-order chi connectivity index (χ1) is 9.76. The second kappa shape index (κ2) is 10.0. The molecule has 0 amide bonds. The number of unbranched alkanes of at least 4 members (excludes halogenated alkanes) is 4. The zero-order valence-corrected chi connectivity index (χ0v) is 13.9. The van der Waals surface area contributed by atoms with Crippen molar-refractivity contribution < 1.29 is 13.3 Å². The van der Waals surface area contributed by atoms with Crippen LogP contribution in [0.1, 0.15) is 37.7 Å². The summed E-state index contributed by atoms with van der Waals surface area (Å²) < 4.78 is 16.2. The molecule has 0 bridgehead atoms.